The van der Waals surface area contributed by atoms with Gasteiger partial charge in [-0.15, -0.1) is 13.2 Å². The van der Waals surface area contributed by atoms with Crippen molar-refractivity contribution in [3.8, 4) is 16.9 Å². The van der Waals surface area contributed by atoms with Gasteiger partial charge in [0.1, 0.15) is 5.75 Å². The minimum absolute atomic E-state index is 0.148. The predicted octanol–water partition coefficient (Wildman–Crippen LogP) is 8.03. The van der Waals surface area contributed by atoms with Crippen LogP contribution in [0, 0.1) is 0 Å². The summed E-state index contributed by atoms with van der Waals surface area (Å²) in [6, 6.07) is 31.8. The lowest BCUT2D eigenvalue weighted by Gasteiger charge is -2.37. The molecule has 7 heteroatoms. The molecule has 4 nitrogen and oxygen atoms in total. The first-order valence-corrected chi connectivity index (χ1v) is 12.2. The first kappa shape index (κ1) is 26.9. The van der Waals surface area contributed by atoms with Crippen molar-refractivity contribution >= 4 is 5.97 Å². The average molecular weight is 520 g/mol. The zero-order valence-electron chi connectivity index (χ0n) is 20.8. The van der Waals surface area contributed by atoms with Crippen LogP contribution in [0.1, 0.15) is 42.1 Å². The Morgan fingerprint density at radius 3 is 2.11 bits per heavy atom. The maximum absolute atomic E-state index is 13.1. The second-order valence-corrected chi connectivity index (χ2v) is 9.03. The van der Waals surface area contributed by atoms with Crippen molar-refractivity contribution in [3.05, 3.63) is 126 Å². The highest BCUT2D eigenvalue weighted by molar-refractivity contribution is 5.72. The molecule has 0 aliphatic heterocycles. The van der Waals surface area contributed by atoms with E-state index in [1.807, 2.05) is 73.7 Å². The van der Waals surface area contributed by atoms with Crippen LogP contribution in [0.25, 0.3) is 11.1 Å². The van der Waals surface area contributed by atoms with E-state index in [-0.39, 0.29) is 23.8 Å². The number of aliphatic carboxylic acids is 1. The lowest BCUT2D eigenvalue weighted by atomic mass is 9.94. The van der Waals surface area contributed by atoms with Crippen molar-refractivity contribution in [2.45, 2.75) is 38.3 Å². The molecule has 0 aliphatic carbocycles. The van der Waals surface area contributed by atoms with E-state index in [1.54, 1.807) is 30.3 Å². The van der Waals surface area contributed by atoms with E-state index in [0.717, 1.165) is 11.1 Å². The average Bonchev–Trinajstić information content (AvgIpc) is 2.91. The summed E-state index contributed by atoms with van der Waals surface area (Å²) >= 11 is 0. The Kier molecular flexibility index (Phi) is 8.48. The number of halogens is 3. The number of nitrogens with zero attached hydrogens (tertiary/aromatic N) is 1. The third-order valence-corrected chi connectivity index (χ3v) is 6.45. The highest BCUT2D eigenvalue weighted by atomic mass is 19.4. The Morgan fingerprint density at radius 1 is 0.842 bits per heavy atom. The van der Waals surface area contributed by atoms with Gasteiger partial charge in [0.05, 0.1) is 6.42 Å². The van der Waals surface area contributed by atoms with E-state index in [2.05, 4.69) is 9.64 Å². The van der Waals surface area contributed by atoms with E-state index in [1.165, 1.54) is 12.1 Å². The third kappa shape index (κ3) is 7.01. The van der Waals surface area contributed by atoms with Gasteiger partial charge in [0.25, 0.3) is 0 Å². The quantitative estimate of drug-likeness (QED) is 0.230. The summed E-state index contributed by atoms with van der Waals surface area (Å²) in [4.78, 5) is 14.2. The number of carbonyl (C=O) groups is 1. The number of ether oxygens (including phenoxy) is 1. The van der Waals surface area contributed by atoms with E-state index >= 15 is 0 Å². The topological polar surface area (TPSA) is 49.8 Å². The number of benzene rings is 4. The van der Waals surface area contributed by atoms with Gasteiger partial charge in [0.15, 0.2) is 0 Å². The second-order valence-electron chi connectivity index (χ2n) is 9.03. The summed E-state index contributed by atoms with van der Waals surface area (Å²) < 4.78 is 43.4. The summed E-state index contributed by atoms with van der Waals surface area (Å²) in [5.74, 6) is -1.29. The summed E-state index contributed by atoms with van der Waals surface area (Å²) in [5, 5.41) is 9.90. The molecule has 4 aromatic rings. The Balaban J connectivity index is 1.79. The number of hydrogen-bond donors (Lipinski definition) is 1. The molecular formula is C31H28F3NO3. The van der Waals surface area contributed by atoms with Gasteiger partial charge in [-0.05, 0) is 41.3 Å². The largest absolute Gasteiger partial charge is 0.573 e. The maximum Gasteiger partial charge on any atom is 0.573 e. The fraction of sp³-hybridized carbons (Fsp3) is 0.194. The molecular weight excluding hydrogens is 491 g/mol. The Bertz CT molecular complexity index is 1340. The number of para-hydroxylation sites is 1. The molecule has 4 aromatic carbocycles. The molecule has 0 spiro atoms. The Labute approximate surface area is 219 Å². The summed E-state index contributed by atoms with van der Waals surface area (Å²) in [6.45, 7) is 2.51. The van der Waals surface area contributed by atoms with Gasteiger partial charge in [-0.2, -0.15) is 0 Å². The molecule has 196 valence electrons. The number of rotatable bonds is 10. The molecule has 0 heterocycles. The van der Waals surface area contributed by atoms with Gasteiger partial charge >= 0.3 is 12.3 Å². The van der Waals surface area contributed by atoms with Gasteiger partial charge in [-0.1, -0.05) is 97.1 Å². The van der Waals surface area contributed by atoms with Crippen LogP contribution in [0.4, 0.5) is 13.2 Å². The summed E-state index contributed by atoms with van der Waals surface area (Å²) in [6.07, 6.45) is -5.02. The smallest absolute Gasteiger partial charge is 0.481 e. The van der Waals surface area contributed by atoms with Crippen molar-refractivity contribution in [2.24, 2.45) is 0 Å². The zero-order valence-corrected chi connectivity index (χ0v) is 20.8. The van der Waals surface area contributed by atoms with Gasteiger partial charge in [0, 0.05) is 24.2 Å². The monoisotopic (exact) mass is 519 g/mol. The molecule has 1 N–H and O–H groups in total. The van der Waals surface area contributed by atoms with Gasteiger partial charge < -0.3 is 9.84 Å². The SMILES string of the molecule is C[C@H](c1ccccc1)N(Cc1ccccc1)[C@@H](CC(=O)O)c1cccc(-c2ccccc2OC(F)(F)F)c1. The van der Waals surface area contributed by atoms with Gasteiger partial charge in [0.2, 0.25) is 0 Å². The predicted molar refractivity (Wildman–Crippen MR) is 140 cm³/mol. The number of alkyl halides is 3. The lowest BCUT2D eigenvalue weighted by Crippen LogP contribution is -2.32. The molecule has 2 atom stereocenters. The van der Waals surface area contributed by atoms with Crippen LogP contribution in [0.2, 0.25) is 0 Å². The van der Waals surface area contributed by atoms with Crippen LogP contribution in [0.5, 0.6) is 5.75 Å². The maximum atomic E-state index is 13.1. The Hall–Kier alpha value is -4.10. The van der Waals surface area contributed by atoms with E-state index in [9.17, 15) is 23.1 Å². The van der Waals surface area contributed by atoms with Crippen molar-refractivity contribution in [1.29, 1.82) is 0 Å². The first-order chi connectivity index (χ1) is 18.2. The fourth-order valence-corrected chi connectivity index (χ4v) is 4.66. The molecule has 0 amide bonds. The van der Waals surface area contributed by atoms with Crippen LogP contribution in [0.3, 0.4) is 0 Å². The normalized spacial score (nSPS) is 13.2. The minimum Gasteiger partial charge on any atom is -0.481 e. The fourth-order valence-electron chi connectivity index (χ4n) is 4.66. The van der Waals surface area contributed by atoms with Gasteiger partial charge in [-0.3, -0.25) is 9.69 Å². The number of carboxylic acid groups (broad SMARTS) is 1. The molecule has 4 rings (SSSR count). The highest BCUT2D eigenvalue weighted by Crippen LogP contribution is 2.38. The molecule has 38 heavy (non-hydrogen) atoms. The first-order valence-electron chi connectivity index (χ1n) is 12.2. The van der Waals surface area contributed by atoms with Crippen molar-refractivity contribution in [1.82, 2.24) is 4.90 Å². The van der Waals surface area contributed by atoms with Gasteiger partial charge in [-0.25, -0.2) is 0 Å². The van der Waals surface area contributed by atoms with Crippen LogP contribution in [-0.4, -0.2) is 22.3 Å². The zero-order chi connectivity index (χ0) is 27.1. The minimum atomic E-state index is -4.84. The van der Waals surface area contributed by atoms with E-state index in [4.69, 9.17) is 0 Å². The van der Waals surface area contributed by atoms with Crippen molar-refractivity contribution < 1.29 is 27.8 Å². The molecule has 0 bridgehead atoms. The second kappa shape index (κ2) is 12.0. The number of hydrogen-bond acceptors (Lipinski definition) is 3. The molecule has 0 fully saturated rings. The molecule has 0 aliphatic rings. The summed E-state index contributed by atoms with van der Waals surface area (Å²) in [7, 11) is 0. The molecule has 0 unspecified atom stereocenters. The Morgan fingerprint density at radius 2 is 1.45 bits per heavy atom. The lowest BCUT2D eigenvalue weighted by molar-refractivity contribution is -0.274. The van der Waals surface area contributed by atoms with Crippen LogP contribution in [-0.2, 0) is 11.3 Å². The highest BCUT2D eigenvalue weighted by Gasteiger charge is 2.32. The van der Waals surface area contributed by atoms with Crippen molar-refractivity contribution in [3.63, 3.8) is 0 Å². The molecule has 0 saturated carbocycles. The summed E-state index contributed by atoms with van der Waals surface area (Å²) in [5.41, 5.74) is 3.51. The molecule has 0 radical (unpaired) electrons. The van der Waals surface area contributed by atoms with Crippen LogP contribution < -0.4 is 4.74 Å². The van der Waals surface area contributed by atoms with Crippen molar-refractivity contribution in [2.75, 3.05) is 0 Å². The number of carboxylic acids is 1. The van der Waals surface area contributed by atoms with Crippen LogP contribution in [0.15, 0.2) is 109 Å². The third-order valence-electron chi connectivity index (χ3n) is 6.45. The standard InChI is InChI=1S/C31H28F3NO3/c1-22(24-13-6-3-7-14-24)35(21-23-11-4-2-5-12-23)28(20-30(36)37)26-16-10-15-25(19-26)27-17-8-9-18-29(27)38-31(32,33)34/h2-19,22,28H,20-21H2,1H3,(H,36,37)/t22-,28+/m1/s1. The molecule has 0 aromatic heterocycles. The molecule has 0 saturated heterocycles. The van der Waals surface area contributed by atoms with Crippen LogP contribution >= 0.6 is 0 Å². The van der Waals surface area contributed by atoms with E-state index in [0.29, 0.717) is 17.7 Å². The van der Waals surface area contributed by atoms with E-state index < -0.39 is 18.4 Å².